The smallest absolute Gasteiger partial charge is 0.407 e. The molecule has 1 aliphatic carbocycles. The summed E-state index contributed by atoms with van der Waals surface area (Å²) in [4.78, 5) is 63.8. The highest BCUT2D eigenvalue weighted by atomic mass is 16.5. The molecule has 0 aromatic heterocycles. The number of hydrogen-bond acceptors (Lipinski definition) is 7. The van der Waals surface area contributed by atoms with Gasteiger partial charge >= 0.3 is 12.1 Å². The normalized spacial score (nSPS) is 13.8. The fraction of sp³-hybridized carbons (Fsp3) is 0.343. The predicted octanol–water partition coefficient (Wildman–Crippen LogP) is 3.07. The molecular weight excluding hydrogens is 588 g/mol. The van der Waals surface area contributed by atoms with Gasteiger partial charge in [0.1, 0.15) is 31.3 Å². The van der Waals surface area contributed by atoms with Crippen LogP contribution < -0.4 is 21.3 Å². The van der Waals surface area contributed by atoms with Crippen LogP contribution in [0.5, 0.6) is 0 Å². The number of carbonyl (C=O) groups excluding carboxylic acids is 5. The van der Waals surface area contributed by atoms with Crippen LogP contribution in [0.3, 0.4) is 0 Å². The Balaban J connectivity index is 1.38. The van der Waals surface area contributed by atoms with Gasteiger partial charge in [-0.25, -0.2) is 4.79 Å². The van der Waals surface area contributed by atoms with Crippen LogP contribution in [0.15, 0.2) is 78.9 Å². The quantitative estimate of drug-likeness (QED) is 0.212. The van der Waals surface area contributed by atoms with E-state index in [0.29, 0.717) is 0 Å². The minimum Gasteiger partial charge on any atom is -0.468 e. The van der Waals surface area contributed by atoms with E-state index in [0.717, 1.165) is 27.8 Å². The maximum absolute atomic E-state index is 13.5. The zero-order valence-electron chi connectivity index (χ0n) is 26.4. The van der Waals surface area contributed by atoms with Gasteiger partial charge in [0, 0.05) is 12.3 Å². The lowest BCUT2D eigenvalue weighted by Crippen LogP contribution is -2.58. The molecule has 4 rings (SSSR count). The second-order valence-corrected chi connectivity index (χ2v) is 11.5. The van der Waals surface area contributed by atoms with Gasteiger partial charge in [-0.15, -0.1) is 0 Å². The van der Waals surface area contributed by atoms with Crippen molar-refractivity contribution in [1.29, 1.82) is 0 Å². The number of nitrogens with one attached hydrogen (secondary N) is 4. The number of carbonyl (C=O) groups is 5. The first kappa shape index (κ1) is 33.7. The summed E-state index contributed by atoms with van der Waals surface area (Å²) >= 11 is 0. The number of esters is 1. The predicted molar refractivity (Wildman–Crippen MR) is 172 cm³/mol. The lowest BCUT2D eigenvalue weighted by Gasteiger charge is -2.26. The van der Waals surface area contributed by atoms with E-state index in [4.69, 9.17) is 4.74 Å². The molecule has 0 fully saturated rings. The van der Waals surface area contributed by atoms with Crippen LogP contribution in [-0.2, 0) is 35.1 Å². The molecule has 0 saturated heterocycles. The van der Waals surface area contributed by atoms with Crippen molar-refractivity contribution < 1.29 is 33.4 Å². The molecule has 0 saturated carbocycles. The molecule has 3 aromatic carbocycles. The van der Waals surface area contributed by atoms with Crippen LogP contribution in [0, 0.1) is 5.92 Å². The van der Waals surface area contributed by atoms with Crippen molar-refractivity contribution in [3.05, 3.63) is 95.6 Å². The monoisotopic (exact) mass is 628 g/mol. The molecule has 0 spiro atoms. The first-order valence-corrected chi connectivity index (χ1v) is 15.2. The number of ether oxygens (including phenoxy) is 2. The van der Waals surface area contributed by atoms with Crippen molar-refractivity contribution in [3.8, 4) is 11.1 Å². The van der Waals surface area contributed by atoms with Crippen molar-refractivity contribution >= 4 is 29.8 Å². The molecule has 46 heavy (non-hydrogen) atoms. The number of rotatable bonds is 13. The summed E-state index contributed by atoms with van der Waals surface area (Å²) in [6.45, 7) is 4.71. The van der Waals surface area contributed by atoms with Gasteiger partial charge in [0.2, 0.25) is 17.7 Å². The Morgan fingerprint density at radius 1 is 0.717 bits per heavy atom. The van der Waals surface area contributed by atoms with Crippen molar-refractivity contribution in [2.45, 2.75) is 51.2 Å². The first-order valence-electron chi connectivity index (χ1n) is 15.2. The standard InChI is InChI=1S/C35H40N4O7/c1-21(2)31(34(43)36-19-30(40)45-4)39-33(42)29(18-23-12-6-5-7-13-23)38-32(41)22(3)37-35(44)46-20-28-26-16-10-8-14-24(26)25-15-9-11-17-27(25)28/h5-17,21-22,28-29,31H,18-20H2,1-4H3,(H,36,43)(H,37,44)(H,38,41)(H,39,42)/t22-,29-,31-/m1/s1. The van der Waals surface area contributed by atoms with Gasteiger partial charge in [-0.1, -0.05) is 92.7 Å². The van der Waals surface area contributed by atoms with E-state index in [-0.39, 0.29) is 31.4 Å². The van der Waals surface area contributed by atoms with Gasteiger partial charge in [-0.05, 0) is 40.7 Å². The molecule has 0 heterocycles. The second kappa shape index (κ2) is 15.7. The zero-order valence-corrected chi connectivity index (χ0v) is 26.4. The van der Waals surface area contributed by atoms with Crippen LogP contribution in [-0.4, -0.2) is 68.2 Å². The summed E-state index contributed by atoms with van der Waals surface area (Å²) in [5, 5.41) is 10.4. The maximum Gasteiger partial charge on any atom is 0.407 e. The number of fused-ring (bicyclic) bond motifs is 3. The summed E-state index contributed by atoms with van der Waals surface area (Å²) in [7, 11) is 1.20. The van der Waals surface area contributed by atoms with E-state index < -0.39 is 47.9 Å². The molecule has 4 N–H and O–H groups in total. The van der Waals surface area contributed by atoms with E-state index in [1.807, 2.05) is 78.9 Å². The Labute approximate surface area is 268 Å². The summed E-state index contributed by atoms with van der Waals surface area (Å²) in [6.07, 6.45) is -0.638. The third-order valence-corrected chi connectivity index (χ3v) is 7.87. The summed E-state index contributed by atoms with van der Waals surface area (Å²) in [5.74, 6) is -2.87. The van der Waals surface area contributed by atoms with Crippen molar-refractivity contribution in [2.24, 2.45) is 5.92 Å². The summed E-state index contributed by atoms with van der Waals surface area (Å²) in [6, 6.07) is 21.9. The Kier molecular flexibility index (Phi) is 11.5. The van der Waals surface area contributed by atoms with Gasteiger partial charge in [0.05, 0.1) is 7.11 Å². The minimum absolute atomic E-state index is 0.0852. The van der Waals surface area contributed by atoms with Crippen molar-refractivity contribution in [1.82, 2.24) is 21.3 Å². The third kappa shape index (κ3) is 8.50. The number of alkyl carbamates (subject to hydrolysis) is 1. The SMILES string of the molecule is COC(=O)CNC(=O)[C@H](NC(=O)[C@@H](Cc1ccccc1)NC(=O)[C@@H](C)NC(=O)OCC1c2ccccc2-c2ccccc21)C(C)C. The molecule has 4 amide bonds. The van der Waals surface area contributed by atoms with Crippen LogP contribution in [0.1, 0.15) is 43.4 Å². The molecule has 1 aliphatic rings. The van der Waals surface area contributed by atoms with E-state index in [2.05, 4.69) is 26.0 Å². The van der Waals surface area contributed by atoms with E-state index in [1.54, 1.807) is 13.8 Å². The van der Waals surface area contributed by atoms with Crippen molar-refractivity contribution in [2.75, 3.05) is 20.3 Å². The van der Waals surface area contributed by atoms with Gasteiger partial charge in [0.15, 0.2) is 0 Å². The topological polar surface area (TPSA) is 152 Å². The number of benzene rings is 3. The lowest BCUT2D eigenvalue weighted by atomic mass is 9.98. The number of amides is 4. The first-order chi connectivity index (χ1) is 22.1. The Bertz CT molecular complexity index is 1510. The molecular formula is C35H40N4O7. The van der Waals surface area contributed by atoms with Crippen LogP contribution in [0.2, 0.25) is 0 Å². The molecule has 0 bridgehead atoms. The summed E-state index contributed by atoms with van der Waals surface area (Å²) in [5.41, 5.74) is 5.11. The van der Waals surface area contributed by atoms with Gasteiger partial charge in [-0.2, -0.15) is 0 Å². The number of methoxy groups -OCH3 is 1. The van der Waals surface area contributed by atoms with Gasteiger partial charge in [0.25, 0.3) is 0 Å². The van der Waals surface area contributed by atoms with Crippen molar-refractivity contribution in [3.63, 3.8) is 0 Å². The average molecular weight is 629 g/mol. The molecule has 11 nitrogen and oxygen atoms in total. The second-order valence-electron chi connectivity index (χ2n) is 11.5. The molecule has 3 atom stereocenters. The van der Waals surface area contributed by atoms with Crippen LogP contribution >= 0.6 is 0 Å². The molecule has 3 aromatic rings. The highest BCUT2D eigenvalue weighted by Crippen LogP contribution is 2.44. The fourth-order valence-corrected chi connectivity index (χ4v) is 5.37. The van der Waals surface area contributed by atoms with E-state index >= 15 is 0 Å². The largest absolute Gasteiger partial charge is 0.468 e. The van der Waals surface area contributed by atoms with E-state index in [9.17, 15) is 24.0 Å². The fourth-order valence-electron chi connectivity index (χ4n) is 5.37. The zero-order chi connectivity index (χ0) is 33.2. The molecule has 0 unspecified atom stereocenters. The Morgan fingerprint density at radius 2 is 1.30 bits per heavy atom. The maximum atomic E-state index is 13.5. The molecule has 242 valence electrons. The van der Waals surface area contributed by atoms with E-state index in [1.165, 1.54) is 14.0 Å². The lowest BCUT2D eigenvalue weighted by molar-refractivity contribution is -0.141. The average Bonchev–Trinajstić information content (AvgIpc) is 3.38. The number of hydrogen-bond donors (Lipinski definition) is 4. The highest BCUT2D eigenvalue weighted by molar-refractivity contribution is 5.94. The Hall–Kier alpha value is -5.19. The van der Waals surface area contributed by atoms with Crippen LogP contribution in [0.4, 0.5) is 4.79 Å². The highest BCUT2D eigenvalue weighted by Gasteiger charge is 2.32. The molecule has 0 radical (unpaired) electrons. The molecule has 11 heteroatoms. The summed E-state index contributed by atoms with van der Waals surface area (Å²) < 4.78 is 10.1. The Morgan fingerprint density at radius 3 is 1.89 bits per heavy atom. The minimum atomic E-state index is -1.07. The van der Waals surface area contributed by atoms with Gasteiger partial charge < -0.3 is 30.7 Å². The van der Waals surface area contributed by atoms with Gasteiger partial charge in [-0.3, -0.25) is 19.2 Å². The van der Waals surface area contributed by atoms with Crippen LogP contribution in [0.25, 0.3) is 11.1 Å². The third-order valence-electron chi connectivity index (χ3n) is 7.87. The molecule has 0 aliphatic heterocycles.